The number of halogens is 2. The summed E-state index contributed by atoms with van der Waals surface area (Å²) >= 11 is 11.8. The van der Waals surface area contributed by atoms with Crippen molar-refractivity contribution in [1.82, 2.24) is 0 Å². The molecule has 0 fully saturated rings. The van der Waals surface area contributed by atoms with Gasteiger partial charge in [0.1, 0.15) is 0 Å². The van der Waals surface area contributed by atoms with E-state index in [9.17, 15) is 0 Å². The molecule has 1 aromatic carbocycles. The second kappa shape index (κ2) is 5.63. The molecule has 0 nitrogen and oxygen atoms in total. The molecule has 0 heterocycles. The van der Waals surface area contributed by atoms with E-state index < -0.39 is 0 Å². The van der Waals surface area contributed by atoms with Crippen LogP contribution in [0.5, 0.6) is 0 Å². The van der Waals surface area contributed by atoms with E-state index in [1.165, 1.54) is 22.3 Å². The van der Waals surface area contributed by atoms with Gasteiger partial charge in [0, 0.05) is 11.8 Å². The standard InChI is InChI=1S/C12H16Cl2/c1-3-9-5-6-10(7-13)12(8-14)11(9)4-2/h5-6H,3-4,7-8H2,1-2H3. The lowest BCUT2D eigenvalue weighted by atomic mass is 9.94. The van der Waals surface area contributed by atoms with Gasteiger partial charge in [0.05, 0.1) is 0 Å². The molecule has 0 bridgehead atoms. The first kappa shape index (κ1) is 11.9. The van der Waals surface area contributed by atoms with Crippen LogP contribution in [0.25, 0.3) is 0 Å². The molecule has 0 saturated heterocycles. The topological polar surface area (TPSA) is 0 Å². The Balaban J connectivity index is 3.28. The summed E-state index contributed by atoms with van der Waals surface area (Å²) < 4.78 is 0. The van der Waals surface area contributed by atoms with Crippen molar-refractivity contribution in [3.8, 4) is 0 Å². The van der Waals surface area contributed by atoms with Gasteiger partial charge in [-0.05, 0) is 35.1 Å². The summed E-state index contributed by atoms with van der Waals surface area (Å²) in [5, 5.41) is 0. The van der Waals surface area contributed by atoms with Gasteiger partial charge in [-0.15, -0.1) is 23.2 Å². The molecule has 0 amide bonds. The highest BCUT2D eigenvalue weighted by atomic mass is 35.5. The molecule has 0 unspecified atom stereocenters. The second-order valence-corrected chi connectivity index (χ2v) is 3.85. The average Bonchev–Trinajstić information content (AvgIpc) is 2.26. The molecule has 0 atom stereocenters. The van der Waals surface area contributed by atoms with Crippen LogP contribution in [-0.4, -0.2) is 0 Å². The van der Waals surface area contributed by atoms with E-state index >= 15 is 0 Å². The number of alkyl halides is 2. The zero-order chi connectivity index (χ0) is 10.6. The maximum absolute atomic E-state index is 5.97. The summed E-state index contributed by atoms with van der Waals surface area (Å²) in [6.45, 7) is 4.34. The van der Waals surface area contributed by atoms with Gasteiger partial charge in [-0.2, -0.15) is 0 Å². The maximum atomic E-state index is 5.97. The Morgan fingerprint density at radius 2 is 1.50 bits per heavy atom. The zero-order valence-corrected chi connectivity index (χ0v) is 10.3. The first-order valence-electron chi connectivity index (χ1n) is 5.02. The Morgan fingerprint density at radius 1 is 0.857 bits per heavy atom. The second-order valence-electron chi connectivity index (χ2n) is 3.32. The predicted octanol–water partition coefficient (Wildman–Crippen LogP) is 4.29. The highest BCUT2D eigenvalue weighted by Crippen LogP contribution is 2.23. The predicted molar refractivity (Wildman–Crippen MR) is 64.3 cm³/mol. The number of benzene rings is 1. The van der Waals surface area contributed by atoms with E-state index in [1.54, 1.807) is 0 Å². The Hall–Kier alpha value is -0.200. The molecule has 0 aliphatic heterocycles. The molecular weight excluding hydrogens is 215 g/mol. The summed E-state index contributed by atoms with van der Waals surface area (Å²) in [7, 11) is 0. The highest BCUT2D eigenvalue weighted by Gasteiger charge is 2.09. The van der Waals surface area contributed by atoms with Crippen LogP contribution in [0.4, 0.5) is 0 Å². The molecule has 14 heavy (non-hydrogen) atoms. The van der Waals surface area contributed by atoms with Gasteiger partial charge in [0.2, 0.25) is 0 Å². The number of aryl methyl sites for hydroxylation is 1. The zero-order valence-electron chi connectivity index (χ0n) is 8.74. The third-order valence-corrected chi connectivity index (χ3v) is 3.19. The van der Waals surface area contributed by atoms with Gasteiger partial charge < -0.3 is 0 Å². The summed E-state index contributed by atoms with van der Waals surface area (Å²) in [4.78, 5) is 0. The maximum Gasteiger partial charge on any atom is 0.0480 e. The normalized spacial score (nSPS) is 10.6. The Kier molecular flexibility index (Phi) is 4.77. The van der Waals surface area contributed by atoms with E-state index in [1.807, 2.05) is 0 Å². The molecule has 0 saturated carbocycles. The van der Waals surface area contributed by atoms with Gasteiger partial charge >= 0.3 is 0 Å². The minimum atomic E-state index is 0.555. The third-order valence-electron chi connectivity index (χ3n) is 2.64. The fourth-order valence-electron chi connectivity index (χ4n) is 1.85. The highest BCUT2D eigenvalue weighted by molar-refractivity contribution is 6.18. The lowest BCUT2D eigenvalue weighted by Gasteiger charge is -2.14. The van der Waals surface area contributed by atoms with Crippen LogP contribution in [0.15, 0.2) is 12.1 Å². The monoisotopic (exact) mass is 230 g/mol. The van der Waals surface area contributed by atoms with Crippen molar-refractivity contribution < 1.29 is 0 Å². The molecule has 2 heteroatoms. The lowest BCUT2D eigenvalue weighted by Crippen LogP contribution is -2.00. The third kappa shape index (κ3) is 2.24. The van der Waals surface area contributed by atoms with Gasteiger partial charge in [0.25, 0.3) is 0 Å². The van der Waals surface area contributed by atoms with Crippen LogP contribution >= 0.6 is 23.2 Å². The van der Waals surface area contributed by atoms with Crippen molar-refractivity contribution in [1.29, 1.82) is 0 Å². The molecule has 0 aromatic heterocycles. The summed E-state index contributed by atoms with van der Waals surface area (Å²) in [5.74, 6) is 1.12. The molecular formula is C12H16Cl2. The molecule has 1 rings (SSSR count). The Labute approximate surface area is 96.2 Å². The quantitative estimate of drug-likeness (QED) is 0.678. The SMILES string of the molecule is CCc1ccc(CCl)c(CCl)c1CC. The van der Waals surface area contributed by atoms with Crippen LogP contribution in [0.3, 0.4) is 0 Å². The molecule has 0 aliphatic rings. The summed E-state index contributed by atoms with van der Waals surface area (Å²) in [6.07, 6.45) is 2.10. The van der Waals surface area contributed by atoms with E-state index in [-0.39, 0.29) is 0 Å². The van der Waals surface area contributed by atoms with Gasteiger partial charge in [-0.1, -0.05) is 26.0 Å². The molecule has 78 valence electrons. The summed E-state index contributed by atoms with van der Waals surface area (Å²) in [6, 6.07) is 4.27. The van der Waals surface area contributed by atoms with Gasteiger partial charge in [0.15, 0.2) is 0 Å². The van der Waals surface area contributed by atoms with Crippen LogP contribution in [0.1, 0.15) is 36.1 Å². The van der Waals surface area contributed by atoms with Crippen molar-refractivity contribution in [2.45, 2.75) is 38.4 Å². The first-order chi connectivity index (χ1) is 6.78. The van der Waals surface area contributed by atoms with Crippen molar-refractivity contribution >= 4 is 23.2 Å². The molecule has 1 aromatic rings. The Morgan fingerprint density at radius 3 is 1.93 bits per heavy atom. The van der Waals surface area contributed by atoms with E-state index in [0.717, 1.165) is 12.8 Å². The molecule has 0 aliphatic carbocycles. The smallest absolute Gasteiger partial charge is 0.0480 e. The van der Waals surface area contributed by atoms with Crippen LogP contribution in [-0.2, 0) is 24.6 Å². The number of rotatable bonds is 4. The van der Waals surface area contributed by atoms with E-state index in [4.69, 9.17) is 23.2 Å². The van der Waals surface area contributed by atoms with Gasteiger partial charge in [-0.25, -0.2) is 0 Å². The van der Waals surface area contributed by atoms with E-state index in [2.05, 4.69) is 26.0 Å². The Bertz CT molecular complexity index is 274. The largest absolute Gasteiger partial charge is 0.122 e. The molecule has 0 radical (unpaired) electrons. The van der Waals surface area contributed by atoms with Crippen molar-refractivity contribution in [2.24, 2.45) is 0 Å². The van der Waals surface area contributed by atoms with Crippen LogP contribution in [0, 0.1) is 0 Å². The van der Waals surface area contributed by atoms with Gasteiger partial charge in [-0.3, -0.25) is 0 Å². The van der Waals surface area contributed by atoms with Crippen molar-refractivity contribution in [2.75, 3.05) is 0 Å². The summed E-state index contributed by atoms with van der Waals surface area (Å²) in [5.41, 5.74) is 5.21. The number of hydrogen-bond acceptors (Lipinski definition) is 0. The van der Waals surface area contributed by atoms with E-state index in [0.29, 0.717) is 11.8 Å². The van der Waals surface area contributed by atoms with Crippen LogP contribution < -0.4 is 0 Å². The minimum absolute atomic E-state index is 0.555. The molecule has 0 N–H and O–H groups in total. The fourth-order valence-corrected chi connectivity index (χ4v) is 2.44. The minimum Gasteiger partial charge on any atom is -0.122 e. The average molecular weight is 231 g/mol. The fraction of sp³-hybridized carbons (Fsp3) is 0.500. The van der Waals surface area contributed by atoms with Crippen molar-refractivity contribution in [3.63, 3.8) is 0 Å². The lowest BCUT2D eigenvalue weighted by molar-refractivity contribution is 1.000. The number of hydrogen-bond donors (Lipinski definition) is 0. The molecule has 0 spiro atoms. The van der Waals surface area contributed by atoms with Crippen LogP contribution in [0.2, 0.25) is 0 Å². The van der Waals surface area contributed by atoms with Crippen molar-refractivity contribution in [3.05, 3.63) is 34.4 Å². The first-order valence-corrected chi connectivity index (χ1v) is 6.09.